The molecule has 1 aliphatic carbocycles. The monoisotopic (exact) mass is 393 g/mol. The van der Waals surface area contributed by atoms with Gasteiger partial charge in [-0.15, -0.1) is 0 Å². The highest BCUT2D eigenvalue weighted by molar-refractivity contribution is 6.05. The SMILES string of the molecule is Cc1nocc1C(=O)N1C[C@@H]2CCC[C@]2(CNC(=O)c2c[nH]c3ncccc23)C1. The number of nitrogens with zero attached hydrogens (tertiary/aromatic N) is 3. The van der Waals surface area contributed by atoms with Crippen LogP contribution in [0.3, 0.4) is 0 Å². The lowest BCUT2D eigenvalue weighted by molar-refractivity contribution is 0.0766. The minimum atomic E-state index is -0.107. The maximum Gasteiger partial charge on any atom is 0.259 e. The molecule has 2 aliphatic rings. The Morgan fingerprint density at radius 3 is 3.14 bits per heavy atom. The number of likely N-dealkylation sites (tertiary alicyclic amines) is 1. The molecule has 3 aromatic rings. The molecule has 4 heterocycles. The Balaban J connectivity index is 1.31. The number of carbonyl (C=O) groups excluding carboxylic acids is 2. The summed E-state index contributed by atoms with van der Waals surface area (Å²) >= 11 is 0. The maximum absolute atomic E-state index is 12.9. The fourth-order valence-corrected chi connectivity index (χ4v) is 5.02. The molecular weight excluding hydrogens is 370 g/mol. The van der Waals surface area contributed by atoms with Gasteiger partial charge in [-0.25, -0.2) is 4.98 Å². The van der Waals surface area contributed by atoms with E-state index < -0.39 is 0 Å². The zero-order valence-electron chi connectivity index (χ0n) is 16.3. The molecule has 1 saturated heterocycles. The standard InChI is InChI=1S/C21H23N5O3/c1-13-17(10-29-25-13)20(28)26-9-14-4-2-6-21(14,12-26)11-24-19(27)16-8-23-18-15(16)5-3-7-22-18/h3,5,7-8,10,14H,2,4,6,9,11-12H2,1H3,(H,22,23)(H,24,27)/t14-,21-/m0/s1. The summed E-state index contributed by atoms with van der Waals surface area (Å²) in [6, 6.07) is 3.72. The van der Waals surface area contributed by atoms with Crippen molar-refractivity contribution < 1.29 is 14.1 Å². The summed E-state index contributed by atoms with van der Waals surface area (Å²) in [6.45, 7) is 3.71. The third kappa shape index (κ3) is 2.90. The van der Waals surface area contributed by atoms with Crippen molar-refractivity contribution in [2.24, 2.45) is 11.3 Å². The zero-order chi connectivity index (χ0) is 20.0. The Morgan fingerprint density at radius 1 is 1.41 bits per heavy atom. The Kier molecular flexibility index (Phi) is 4.15. The lowest BCUT2D eigenvalue weighted by Crippen LogP contribution is -2.41. The van der Waals surface area contributed by atoms with Crippen molar-refractivity contribution in [2.75, 3.05) is 19.6 Å². The van der Waals surface area contributed by atoms with E-state index in [9.17, 15) is 9.59 Å². The van der Waals surface area contributed by atoms with Crippen molar-refractivity contribution in [3.05, 3.63) is 47.6 Å². The van der Waals surface area contributed by atoms with Crippen LogP contribution in [0.2, 0.25) is 0 Å². The van der Waals surface area contributed by atoms with Crippen molar-refractivity contribution >= 4 is 22.8 Å². The van der Waals surface area contributed by atoms with Crippen LogP contribution in [0.1, 0.15) is 45.7 Å². The van der Waals surface area contributed by atoms with E-state index >= 15 is 0 Å². The molecule has 0 spiro atoms. The molecule has 3 aromatic heterocycles. The highest BCUT2D eigenvalue weighted by Gasteiger charge is 2.51. The second kappa shape index (κ2) is 6.72. The van der Waals surface area contributed by atoms with Crippen molar-refractivity contribution in [1.29, 1.82) is 0 Å². The van der Waals surface area contributed by atoms with Crippen LogP contribution in [0.5, 0.6) is 0 Å². The molecule has 0 unspecified atom stereocenters. The van der Waals surface area contributed by atoms with Gasteiger partial charge in [0.15, 0.2) is 0 Å². The molecule has 0 aromatic carbocycles. The number of aromatic amines is 1. The number of aromatic nitrogens is 3. The lowest BCUT2D eigenvalue weighted by Gasteiger charge is -2.29. The van der Waals surface area contributed by atoms with Gasteiger partial charge in [-0.05, 0) is 37.8 Å². The van der Waals surface area contributed by atoms with E-state index in [0.717, 1.165) is 31.2 Å². The summed E-state index contributed by atoms with van der Waals surface area (Å²) in [5.41, 5.74) is 2.37. The highest BCUT2D eigenvalue weighted by atomic mass is 16.5. The first-order chi connectivity index (χ1) is 14.1. The molecule has 5 rings (SSSR count). The van der Waals surface area contributed by atoms with Gasteiger partial charge in [0.1, 0.15) is 17.5 Å². The van der Waals surface area contributed by atoms with Crippen LogP contribution in [-0.4, -0.2) is 51.5 Å². The van der Waals surface area contributed by atoms with E-state index in [1.165, 1.54) is 6.26 Å². The number of fused-ring (bicyclic) bond motifs is 2. The fraction of sp³-hybridized carbons (Fsp3) is 0.429. The van der Waals surface area contributed by atoms with Crippen LogP contribution >= 0.6 is 0 Å². The summed E-state index contributed by atoms with van der Waals surface area (Å²) in [4.78, 5) is 34.9. The van der Waals surface area contributed by atoms with Crippen LogP contribution in [-0.2, 0) is 0 Å². The quantitative estimate of drug-likeness (QED) is 0.709. The number of hydrogen-bond acceptors (Lipinski definition) is 5. The summed E-state index contributed by atoms with van der Waals surface area (Å²) in [5, 5.41) is 7.77. The van der Waals surface area contributed by atoms with Crippen LogP contribution in [0.25, 0.3) is 11.0 Å². The zero-order valence-corrected chi connectivity index (χ0v) is 16.3. The number of aryl methyl sites for hydroxylation is 1. The third-order valence-electron chi connectivity index (χ3n) is 6.60. The molecule has 0 bridgehead atoms. The molecule has 1 aliphatic heterocycles. The normalized spacial score (nSPS) is 23.5. The molecule has 0 radical (unpaired) electrons. The predicted octanol–water partition coefficient (Wildman–Crippen LogP) is 2.53. The summed E-state index contributed by atoms with van der Waals surface area (Å²) in [7, 11) is 0. The van der Waals surface area contributed by atoms with Crippen molar-refractivity contribution in [2.45, 2.75) is 26.2 Å². The second-order valence-electron chi connectivity index (χ2n) is 8.24. The smallest absolute Gasteiger partial charge is 0.259 e. The Hall–Kier alpha value is -3.16. The lowest BCUT2D eigenvalue weighted by atomic mass is 9.80. The van der Waals surface area contributed by atoms with Gasteiger partial charge in [-0.2, -0.15) is 0 Å². The van der Waals surface area contributed by atoms with Gasteiger partial charge in [0.05, 0.1) is 11.3 Å². The van der Waals surface area contributed by atoms with Crippen LogP contribution < -0.4 is 5.32 Å². The first-order valence-corrected chi connectivity index (χ1v) is 9.98. The van der Waals surface area contributed by atoms with Gasteiger partial charge in [-0.3, -0.25) is 9.59 Å². The van der Waals surface area contributed by atoms with Crippen LogP contribution in [0.4, 0.5) is 0 Å². The molecule has 2 N–H and O–H groups in total. The number of pyridine rings is 1. The minimum Gasteiger partial charge on any atom is -0.364 e. The van der Waals surface area contributed by atoms with Gasteiger partial charge in [0.25, 0.3) is 11.8 Å². The predicted molar refractivity (Wildman–Crippen MR) is 105 cm³/mol. The van der Waals surface area contributed by atoms with E-state index in [1.54, 1.807) is 19.3 Å². The van der Waals surface area contributed by atoms with Gasteiger partial charge >= 0.3 is 0 Å². The van der Waals surface area contributed by atoms with Crippen LogP contribution in [0.15, 0.2) is 35.3 Å². The molecule has 2 amide bonds. The van der Waals surface area contributed by atoms with Gasteiger partial charge < -0.3 is 19.7 Å². The molecule has 29 heavy (non-hydrogen) atoms. The Morgan fingerprint density at radius 2 is 2.31 bits per heavy atom. The van der Waals surface area contributed by atoms with E-state index in [2.05, 4.69) is 20.4 Å². The Bertz CT molecular complexity index is 1090. The van der Waals surface area contributed by atoms with Crippen molar-refractivity contribution in [3.8, 4) is 0 Å². The fourth-order valence-electron chi connectivity index (χ4n) is 5.02. The third-order valence-corrected chi connectivity index (χ3v) is 6.60. The average molecular weight is 393 g/mol. The van der Waals surface area contributed by atoms with E-state index in [4.69, 9.17) is 4.52 Å². The van der Waals surface area contributed by atoms with E-state index in [1.807, 2.05) is 17.0 Å². The summed E-state index contributed by atoms with van der Waals surface area (Å²) < 4.78 is 4.94. The number of carbonyl (C=O) groups is 2. The Labute approximate surface area is 167 Å². The van der Waals surface area contributed by atoms with Gasteiger partial charge in [-0.1, -0.05) is 11.6 Å². The molecular formula is C21H23N5O3. The molecule has 2 fully saturated rings. The molecule has 2 atom stereocenters. The van der Waals surface area contributed by atoms with Crippen LogP contribution in [0, 0.1) is 18.3 Å². The molecule has 1 saturated carbocycles. The highest BCUT2D eigenvalue weighted by Crippen LogP contribution is 2.48. The number of H-pyrrole nitrogens is 1. The number of nitrogens with one attached hydrogen (secondary N) is 2. The largest absolute Gasteiger partial charge is 0.364 e. The van der Waals surface area contributed by atoms with E-state index in [0.29, 0.717) is 41.5 Å². The number of rotatable bonds is 4. The number of hydrogen-bond donors (Lipinski definition) is 2. The van der Waals surface area contributed by atoms with Crippen molar-refractivity contribution in [3.63, 3.8) is 0 Å². The average Bonchev–Trinajstić information content (AvgIpc) is 3.47. The summed E-state index contributed by atoms with van der Waals surface area (Å²) in [6.07, 6.45) is 8.05. The molecule has 8 heteroatoms. The topological polar surface area (TPSA) is 104 Å². The molecule has 8 nitrogen and oxygen atoms in total. The first kappa shape index (κ1) is 17.9. The number of amides is 2. The summed E-state index contributed by atoms with van der Waals surface area (Å²) in [5.74, 6) is 0.257. The maximum atomic E-state index is 12.9. The minimum absolute atomic E-state index is 0.0356. The van der Waals surface area contributed by atoms with Gasteiger partial charge in [0.2, 0.25) is 0 Å². The molecule has 150 valence electrons. The van der Waals surface area contributed by atoms with Gasteiger partial charge in [0, 0.05) is 42.8 Å². The van der Waals surface area contributed by atoms with E-state index in [-0.39, 0.29) is 17.2 Å². The van der Waals surface area contributed by atoms with Crippen molar-refractivity contribution in [1.82, 2.24) is 25.3 Å². The second-order valence-corrected chi connectivity index (χ2v) is 8.24. The first-order valence-electron chi connectivity index (χ1n) is 9.98.